The molecule has 0 saturated carbocycles. The van der Waals surface area contributed by atoms with Gasteiger partial charge in [-0.15, -0.1) is 11.8 Å². The number of piperazine rings is 1. The summed E-state index contributed by atoms with van der Waals surface area (Å²) in [6, 6.07) is 3.96. The van der Waals surface area contributed by atoms with Crippen LogP contribution in [0.5, 0.6) is 0 Å². The van der Waals surface area contributed by atoms with E-state index in [1.807, 2.05) is 18.7 Å². The minimum absolute atomic E-state index is 0.0348. The smallest absolute Gasteiger partial charge is 0.375 e. The van der Waals surface area contributed by atoms with Gasteiger partial charge >= 0.3 is 11.9 Å². The Labute approximate surface area is 254 Å². The first-order valence-corrected chi connectivity index (χ1v) is 14.9. The van der Waals surface area contributed by atoms with Crippen LogP contribution in [0, 0.1) is 5.82 Å². The van der Waals surface area contributed by atoms with E-state index in [0.717, 1.165) is 30.0 Å². The van der Waals surface area contributed by atoms with Crippen LogP contribution in [0.4, 0.5) is 23.4 Å². The Morgan fingerprint density at radius 2 is 1.93 bits per heavy atom. The van der Waals surface area contributed by atoms with E-state index in [2.05, 4.69) is 11.6 Å². The fourth-order valence-electron chi connectivity index (χ4n) is 5.96. The number of halogens is 5. The lowest BCUT2D eigenvalue weighted by molar-refractivity contribution is -0.137. The largest absolute Gasteiger partial charge is 0.417 e. The first-order chi connectivity index (χ1) is 20.3. The Bertz CT molecular complexity index is 1590. The molecule has 2 aromatic carbocycles. The summed E-state index contributed by atoms with van der Waals surface area (Å²) in [6.45, 7) is 7.96. The van der Waals surface area contributed by atoms with Crippen molar-refractivity contribution >= 4 is 40.1 Å². The van der Waals surface area contributed by atoms with Gasteiger partial charge in [0.15, 0.2) is 0 Å². The minimum atomic E-state index is -4.81. The zero-order chi connectivity index (χ0) is 31.2. The lowest BCUT2D eigenvalue weighted by Gasteiger charge is -2.46. The number of anilines is 1. The average molecular weight is 643 g/mol. The van der Waals surface area contributed by atoms with Gasteiger partial charge in [-0.2, -0.15) is 18.2 Å². The summed E-state index contributed by atoms with van der Waals surface area (Å²) in [4.78, 5) is 21.8. The molecule has 1 fully saturated rings. The van der Waals surface area contributed by atoms with Crippen molar-refractivity contribution in [3.05, 3.63) is 63.8 Å². The van der Waals surface area contributed by atoms with E-state index < -0.39 is 35.6 Å². The number of aromatic nitrogens is 2. The molecule has 2 aliphatic heterocycles. The lowest BCUT2D eigenvalue weighted by atomic mass is 9.96. The molecule has 0 aliphatic carbocycles. The number of nitrogens with zero attached hydrogens (tertiary/aromatic N) is 4. The molecule has 14 heteroatoms. The molecule has 2 aliphatic rings. The summed E-state index contributed by atoms with van der Waals surface area (Å²) in [7, 11) is 1.45. The van der Waals surface area contributed by atoms with E-state index in [1.54, 1.807) is 4.90 Å². The molecule has 0 amide bonds. The highest BCUT2D eigenvalue weighted by Crippen LogP contribution is 2.48. The molecule has 1 aromatic heterocycles. The van der Waals surface area contributed by atoms with Gasteiger partial charge in [-0.25, -0.2) is 9.18 Å². The Kier molecular flexibility index (Phi) is 9.13. The van der Waals surface area contributed by atoms with Gasteiger partial charge in [0, 0.05) is 53.9 Å². The van der Waals surface area contributed by atoms with Crippen molar-refractivity contribution in [2.45, 2.75) is 55.9 Å². The van der Waals surface area contributed by atoms with E-state index >= 15 is 0 Å². The van der Waals surface area contributed by atoms with Crippen molar-refractivity contribution in [3.8, 4) is 11.1 Å². The van der Waals surface area contributed by atoms with Gasteiger partial charge in [0.05, 0.1) is 28.8 Å². The molecule has 232 valence electrons. The summed E-state index contributed by atoms with van der Waals surface area (Å²) >= 11 is 7.15. The summed E-state index contributed by atoms with van der Waals surface area (Å²) in [5.41, 5.74) is -1.47. The van der Waals surface area contributed by atoms with Crippen LogP contribution >= 0.6 is 23.4 Å². The molecule has 0 spiro atoms. The van der Waals surface area contributed by atoms with Crippen molar-refractivity contribution < 1.29 is 32.1 Å². The number of methoxy groups -OCH3 is 1. The van der Waals surface area contributed by atoms with E-state index in [4.69, 9.17) is 21.1 Å². The van der Waals surface area contributed by atoms with Crippen molar-refractivity contribution in [2.75, 3.05) is 37.6 Å². The van der Waals surface area contributed by atoms with Gasteiger partial charge in [0.1, 0.15) is 24.7 Å². The summed E-state index contributed by atoms with van der Waals surface area (Å²) in [5.74, 6) is -0.432. The van der Waals surface area contributed by atoms with Crippen LogP contribution < -0.4 is 10.6 Å². The van der Waals surface area contributed by atoms with Crippen LogP contribution in [-0.4, -0.2) is 76.7 Å². The SMILES string of the molecule is C=CC(O)N1[C@H](C)CN(c2nc(=O)n3c4c(c(-c5ccc(F)c(Cl)c5)c(C(F)(F)F)cc24)SCC(OCOC)C3)C[C@@H]1C. The third-order valence-corrected chi connectivity index (χ3v) is 9.25. The van der Waals surface area contributed by atoms with Gasteiger partial charge in [-0.3, -0.25) is 9.47 Å². The Morgan fingerprint density at radius 3 is 2.53 bits per heavy atom. The van der Waals surface area contributed by atoms with Gasteiger partial charge in [0.2, 0.25) is 0 Å². The summed E-state index contributed by atoms with van der Waals surface area (Å²) in [5, 5.41) is 10.3. The predicted octanol–water partition coefficient (Wildman–Crippen LogP) is 5.37. The number of aliphatic hydroxyl groups is 1. The van der Waals surface area contributed by atoms with Crippen LogP contribution in [0.1, 0.15) is 19.4 Å². The number of ether oxygens (including phenoxy) is 2. The van der Waals surface area contributed by atoms with E-state index in [-0.39, 0.29) is 68.9 Å². The molecule has 3 aromatic rings. The fourth-order valence-corrected chi connectivity index (χ4v) is 7.42. The number of hydrogen-bond acceptors (Lipinski definition) is 8. The number of rotatable bonds is 7. The van der Waals surface area contributed by atoms with Gasteiger partial charge in [-0.1, -0.05) is 24.2 Å². The zero-order valence-corrected chi connectivity index (χ0v) is 25.3. The number of aliphatic hydroxyl groups excluding tert-OH is 1. The first-order valence-electron chi connectivity index (χ1n) is 13.6. The highest BCUT2D eigenvalue weighted by atomic mass is 35.5. The number of benzene rings is 2. The van der Waals surface area contributed by atoms with Crippen molar-refractivity contribution in [1.29, 1.82) is 0 Å². The standard InChI is InChI=1S/C29H31ClF4N4O4S/c1-5-23(39)38-15(2)10-36(11-16(38)3)27-19-9-20(29(32,33)34)24(17-6-7-22(31)21(30)8-17)26-25(19)37(28(40)35-27)12-18(13-43-26)42-14-41-4/h5-9,15-16,18,23,39H,1,10-14H2,2-4H3/t15-,16+,18?,23?. The Balaban J connectivity index is 1.80. The van der Waals surface area contributed by atoms with Crippen molar-refractivity contribution in [1.82, 2.24) is 14.5 Å². The maximum absolute atomic E-state index is 14.9. The lowest BCUT2D eigenvalue weighted by Crippen LogP contribution is -2.60. The molecule has 43 heavy (non-hydrogen) atoms. The Morgan fingerprint density at radius 1 is 1.23 bits per heavy atom. The van der Waals surface area contributed by atoms with Crippen LogP contribution in [0.25, 0.3) is 22.0 Å². The van der Waals surface area contributed by atoms with Crippen molar-refractivity contribution in [3.63, 3.8) is 0 Å². The monoisotopic (exact) mass is 642 g/mol. The third-order valence-electron chi connectivity index (χ3n) is 7.74. The molecular weight excluding hydrogens is 612 g/mol. The predicted molar refractivity (Wildman–Crippen MR) is 158 cm³/mol. The van der Waals surface area contributed by atoms with Crippen LogP contribution in [-0.2, 0) is 22.2 Å². The quantitative estimate of drug-likeness (QED) is 0.209. The zero-order valence-electron chi connectivity index (χ0n) is 23.7. The van der Waals surface area contributed by atoms with E-state index in [1.165, 1.54) is 23.8 Å². The molecule has 2 unspecified atom stereocenters. The second kappa shape index (κ2) is 12.4. The van der Waals surface area contributed by atoms with Gasteiger partial charge in [0.25, 0.3) is 0 Å². The van der Waals surface area contributed by atoms with E-state index in [0.29, 0.717) is 13.1 Å². The highest BCUT2D eigenvalue weighted by molar-refractivity contribution is 7.99. The number of alkyl halides is 3. The normalized spacial score (nSPS) is 22.1. The third kappa shape index (κ3) is 6.03. The second-order valence-corrected chi connectivity index (χ2v) is 12.1. The summed E-state index contributed by atoms with van der Waals surface area (Å²) < 4.78 is 70.8. The maximum atomic E-state index is 14.9. The number of thioether (sulfide) groups is 1. The molecular formula is C29H31ClF4N4O4S. The summed E-state index contributed by atoms with van der Waals surface area (Å²) in [6.07, 6.45) is -4.88. The second-order valence-electron chi connectivity index (χ2n) is 10.7. The Hall–Kier alpha value is -2.68. The fraction of sp³-hybridized carbons (Fsp3) is 0.448. The molecule has 8 nitrogen and oxygen atoms in total. The topological polar surface area (TPSA) is 80.1 Å². The van der Waals surface area contributed by atoms with Crippen LogP contribution in [0.2, 0.25) is 5.02 Å². The molecule has 5 rings (SSSR count). The average Bonchev–Trinajstić information content (AvgIpc) is 3.14. The molecule has 3 heterocycles. The highest BCUT2D eigenvalue weighted by Gasteiger charge is 2.40. The molecule has 4 atom stereocenters. The molecule has 1 N–H and O–H groups in total. The first kappa shape index (κ1) is 31.7. The molecule has 1 saturated heterocycles. The van der Waals surface area contributed by atoms with Crippen LogP contribution in [0.3, 0.4) is 0 Å². The molecule has 0 radical (unpaired) electrons. The molecule has 0 bridgehead atoms. The van der Waals surface area contributed by atoms with Gasteiger partial charge in [-0.05, 0) is 43.7 Å². The maximum Gasteiger partial charge on any atom is 0.417 e. The van der Waals surface area contributed by atoms with Crippen LogP contribution in [0.15, 0.2) is 46.6 Å². The number of hydrogen-bond donors (Lipinski definition) is 1. The minimum Gasteiger partial charge on any atom is -0.375 e. The van der Waals surface area contributed by atoms with Crippen molar-refractivity contribution in [2.24, 2.45) is 0 Å². The van der Waals surface area contributed by atoms with Gasteiger partial charge < -0.3 is 19.5 Å². The van der Waals surface area contributed by atoms with E-state index in [9.17, 15) is 27.5 Å².